The third kappa shape index (κ3) is 6.15. The smallest absolute Gasteiger partial charge is 0.326 e. The number of ether oxygens (including phenoxy) is 1. The summed E-state index contributed by atoms with van der Waals surface area (Å²) >= 11 is 12.7. The number of carbonyl (C=O) groups is 1. The molecule has 5 rings (SSSR count). The fourth-order valence-corrected chi connectivity index (χ4v) is 6.39. The molecule has 240 valence electrons. The molecule has 0 bridgehead atoms. The van der Waals surface area contributed by atoms with Gasteiger partial charge in [-0.3, -0.25) is 14.8 Å². The quantitative estimate of drug-likeness (QED) is 0.331. The number of benzene rings is 2. The van der Waals surface area contributed by atoms with Gasteiger partial charge in [0.15, 0.2) is 0 Å². The molecule has 0 radical (unpaired) electrons. The Morgan fingerprint density at radius 3 is 2.07 bits per heavy atom. The number of carbonyl (C=O) groups excluding carboxylic acids is 1. The maximum Gasteiger partial charge on any atom is 0.326 e. The van der Waals surface area contributed by atoms with Crippen LogP contribution in [0.5, 0.6) is 5.88 Å². The van der Waals surface area contributed by atoms with E-state index in [9.17, 15) is 9.90 Å². The zero-order valence-corrected chi connectivity index (χ0v) is 28.4. The highest BCUT2D eigenvalue weighted by Crippen LogP contribution is 2.54. The molecular weight excluding hydrogens is 611 g/mol. The number of amides is 2. The Kier molecular flexibility index (Phi) is 9.48. The van der Waals surface area contributed by atoms with Gasteiger partial charge in [0.05, 0.1) is 18.8 Å². The third-order valence-corrected chi connectivity index (χ3v) is 9.45. The highest BCUT2D eigenvalue weighted by molar-refractivity contribution is 6.30. The maximum atomic E-state index is 14.9. The molecule has 1 aromatic heterocycles. The van der Waals surface area contributed by atoms with Crippen LogP contribution in [0.2, 0.25) is 10.0 Å². The number of nitrogens with zero attached hydrogens (tertiary/aromatic N) is 6. The van der Waals surface area contributed by atoms with E-state index in [1.165, 1.54) is 0 Å². The summed E-state index contributed by atoms with van der Waals surface area (Å²) in [7, 11) is 0. The van der Waals surface area contributed by atoms with Crippen molar-refractivity contribution in [2.24, 2.45) is 4.99 Å². The summed E-state index contributed by atoms with van der Waals surface area (Å²) in [6, 6.07) is 15.0. The Morgan fingerprint density at radius 1 is 0.956 bits per heavy atom. The molecule has 0 aliphatic carbocycles. The number of aliphatic hydroxyl groups excluding tert-OH is 1. The van der Waals surface area contributed by atoms with E-state index in [4.69, 9.17) is 42.9 Å². The Morgan fingerprint density at radius 2 is 1.53 bits per heavy atom. The Labute approximate surface area is 275 Å². The fraction of sp³-hybridized carbons (Fsp3) is 0.471. The number of hydrogen-bond acceptors (Lipinski definition) is 7. The van der Waals surface area contributed by atoms with Gasteiger partial charge in [0, 0.05) is 54.4 Å². The molecule has 11 heteroatoms. The van der Waals surface area contributed by atoms with Crippen LogP contribution in [-0.4, -0.2) is 87.6 Å². The van der Waals surface area contributed by atoms with E-state index in [-0.39, 0.29) is 18.1 Å². The van der Waals surface area contributed by atoms with Gasteiger partial charge in [0.2, 0.25) is 5.88 Å². The molecule has 9 nitrogen and oxygen atoms in total. The molecule has 2 aliphatic rings. The number of aromatic nitrogens is 2. The van der Waals surface area contributed by atoms with Gasteiger partial charge in [-0.1, -0.05) is 68.2 Å². The van der Waals surface area contributed by atoms with Gasteiger partial charge in [0.1, 0.15) is 22.7 Å². The van der Waals surface area contributed by atoms with Crippen molar-refractivity contribution in [3.8, 4) is 5.88 Å². The summed E-state index contributed by atoms with van der Waals surface area (Å²) in [5.74, 6) is 1.43. The number of aliphatic imine (C=N–C) groups is 1. The second kappa shape index (κ2) is 12.9. The van der Waals surface area contributed by atoms with Crippen molar-refractivity contribution in [1.82, 2.24) is 24.7 Å². The molecule has 2 amide bonds. The zero-order valence-electron chi connectivity index (χ0n) is 26.8. The molecule has 3 aromatic rings. The maximum absolute atomic E-state index is 14.9. The van der Waals surface area contributed by atoms with Gasteiger partial charge in [-0.15, -0.1) is 0 Å². The molecule has 2 aliphatic heterocycles. The monoisotopic (exact) mass is 652 g/mol. The van der Waals surface area contributed by atoms with Crippen LogP contribution >= 0.6 is 23.2 Å². The fourth-order valence-electron chi connectivity index (χ4n) is 6.14. The molecule has 45 heavy (non-hydrogen) atoms. The lowest BCUT2D eigenvalue weighted by molar-refractivity contribution is 0.0819. The van der Waals surface area contributed by atoms with Gasteiger partial charge >= 0.3 is 6.03 Å². The van der Waals surface area contributed by atoms with Crippen LogP contribution in [0.15, 0.2) is 59.7 Å². The normalized spacial score (nSPS) is 22.5. The number of halogens is 2. The molecule has 3 heterocycles. The number of aliphatic hydroxyl groups is 1. The number of urea groups is 1. The summed E-state index contributed by atoms with van der Waals surface area (Å²) in [4.78, 5) is 35.8. The Hall–Kier alpha value is -3.24. The molecule has 2 atom stereocenters. The molecule has 2 aromatic carbocycles. The lowest BCUT2D eigenvalue weighted by atomic mass is 9.71. The standard InChI is InChI=1S/C34H42Cl2N6O3/c1-7-45-29-27(22-37-30(38-29)32(2,3)4)28-39-33(5,23-8-12-25(35)13-9-23)34(6,24-10-14-26(36)15-11-24)42(28)31(44)41-18-16-40(17-19-41)20-21-43/h8-15,22,43H,7,16-21H2,1-6H3/t33-,34-/m0/s1. The number of piperazine rings is 1. The van der Waals surface area contributed by atoms with E-state index in [0.717, 1.165) is 11.1 Å². The summed E-state index contributed by atoms with van der Waals surface area (Å²) < 4.78 is 6.13. The minimum atomic E-state index is -1.02. The number of hydrogen-bond donors (Lipinski definition) is 1. The highest BCUT2D eigenvalue weighted by Gasteiger charge is 2.60. The summed E-state index contributed by atoms with van der Waals surface area (Å²) in [6.07, 6.45) is 1.73. The average Bonchev–Trinajstić information content (AvgIpc) is 3.25. The predicted octanol–water partition coefficient (Wildman–Crippen LogP) is 6.10. The van der Waals surface area contributed by atoms with Crippen LogP contribution in [0.25, 0.3) is 0 Å². The van der Waals surface area contributed by atoms with Crippen molar-refractivity contribution in [3.05, 3.63) is 87.3 Å². The second-order valence-electron chi connectivity index (χ2n) is 12.9. The first-order valence-corrected chi connectivity index (χ1v) is 16.1. The van der Waals surface area contributed by atoms with Crippen molar-refractivity contribution in [2.45, 2.75) is 58.0 Å². The highest BCUT2D eigenvalue weighted by atomic mass is 35.5. The van der Waals surface area contributed by atoms with Crippen LogP contribution in [-0.2, 0) is 16.5 Å². The zero-order chi connectivity index (χ0) is 32.6. The molecule has 1 saturated heterocycles. The van der Waals surface area contributed by atoms with E-state index in [0.29, 0.717) is 72.5 Å². The van der Waals surface area contributed by atoms with Crippen molar-refractivity contribution >= 4 is 35.1 Å². The van der Waals surface area contributed by atoms with Crippen molar-refractivity contribution in [1.29, 1.82) is 0 Å². The SMILES string of the molecule is CCOc1nc(C(C)(C)C)ncc1C1=N[C@@](C)(c2ccc(Cl)cc2)[C@](C)(c2ccc(Cl)cc2)N1C(=O)N1CCN(CCO)CC1. The van der Waals surface area contributed by atoms with Crippen LogP contribution in [0.4, 0.5) is 4.79 Å². The van der Waals surface area contributed by atoms with Gasteiger partial charge in [-0.2, -0.15) is 4.98 Å². The molecule has 1 fully saturated rings. The van der Waals surface area contributed by atoms with Crippen LogP contribution in [0.3, 0.4) is 0 Å². The minimum Gasteiger partial charge on any atom is -0.477 e. The molecule has 0 unspecified atom stereocenters. The largest absolute Gasteiger partial charge is 0.477 e. The number of rotatable bonds is 7. The van der Waals surface area contributed by atoms with Crippen molar-refractivity contribution < 1.29 is 14.6 Å². The van der Waals surface area contributed by atoms with Gasteiger partial charge in [0.25, 0.3) is 0 Å². The van der Waals surface area contributed by atoms with E-state index >= 15 is 0 Å². The number of amidine groups is 1. The summed E-state index contributed by atoms with van der Waals surface area (Å²) in [5.41, 5.74) is -0.0277. The van der Waals surface area contributed by atoms with Crippen LogP contribution in [0.1, 0.15) is 64.1 Å². The van der Waals surface area contributed by atoms with Crippen molar-refractivity contribution in [2.75, 3.05) is 45.9 Å². The second-order valence-corrected chi connectivity index (χ2v) is 13.7. The van der Waals surface area contributed by atoms with E-state index in [1.54, 1.807) is 11.1 Å². The molecular formula is C34H42Cl2N6O3. The first-order valence-electron chi connectivity index (χ1n) is 15.4. The average molecular weight is 654 g/mol. The van der Waals surface area contributed by atoms with Gasteiger partial charge in [-0.05, 0) is 56.2 Å². The van der Waals surface area contributed by atoms with E-state index in [2.05, 4.69) is 4.90 Å². The lowest BCUT2D eigenvalue weighted by Gasteiger charge is -2.47. The van der Waals surface area contributed by atoms with Crippen LogP contribution in [0, 0.1) is 0 Å². The molecule has 1 N–H and O–H groups in total. The van der Waals surface area contributed by atoms with Crippen LogP contribution < -0.4 is 4.74 Å². The van der Waals surface area contributed by atoms with Gasteiger partial charge in [-0.25, -0.2) is 9.78 Å². The van der Waals surface area contributed by atoms with Crippen molar-refractivity contribution in [3.63, 3.8) is 0 Å². The molecule has 0 spiro atoms. The van der Waals surface area contributed by atoms with Gasteiger partial charge < -0.3 is 14.7 Å². The van der Waals surface area contributed by atoms with E-state index < -0.39 is 11.1 Å². The summed E-state index contributed by atoms with van der Waals surface area (Å²) in [5, 5.41) is 10.7. The first-order chi connectivity index (χ1) is 21.3. The lowest BCUT2D eigenvalue weighted by Crippen LogP contribution is -2.60. The Bertz CT molecular complexity index is 1550. The Balaban J connectivity index is 1.75. The number of β-amino-alcohol motifs (C(OH)–C–C–N with tert-alkyl or cyclic N) is 1. The summed E-state index contributed by atoms with van der Waals surface area (Å²) in [6.45, 7) is 15.5. The molecule has 0 saturated carbocycles. The first kappa shape index (κ1) is 33.1. The van der Waals surface area contributed by atoms with E-state index in [1.807, 2.05) is 95.0 Å². The minimum absolute atomic E-state index is 0.0791. The predicted molar refractivity (Wildman–Crippen MR) is 178 cm³/mol. The third-order valence-electron chi connectivity index (χ3n) is 8.95. The topological polar surface area (TPSA) is 94.4 Å².